The van der Waals surface area contributed by atoms with E-state index in [0.717, 1.165) is 18.4 Å². The number of ether oxygens (including phenoxy) is 1. The van der Waals surface area contributed by atoms with Gasteiger partial charge in [0.05, 0.1) is 12.2 Å². The second-order valence-electron chi connectivity index (χ2n) is 3.49. The maximum atomic E-state index is 10.7. The van der Waals surface area contributed by atoms with Crippen molar-refractivity contribution in [2.24, 2.45) is 0 Å². The summed E-state index contributed by atoms with van der Waals surface area (Å²) in [5, 5.41) is 8.82. The highest BCUT2D eigenvalue weighted by Crippen LogP contribution is 2.19. The second kappa shape index (κ2) is 5.39. The molecule has 0 aromatic heterocycles. The van der Waals surface area contributed by atoms with Crippen LogP contribution < -0.4 is 4.74 Å². The van der Waals surface area contributed by atoms with Gasteiger partial charge in [0.15, 0.2) is 0 Å². The van der Waals surface area contributed by atoms with Gasteiger partial charge in [0.25, 0.3) is 0 Å². The number of unbranched alkanes of at least 4 members (excludes halogenated alkanes) is 1. The first kappa shape index (κ1) is 11.6. The van der Waals surface area contributed by atoms with Crippen LogP contribution >= 0.6 is 0 Å². The summed E-state index contributed by atoms with van der Waals surface area (Å²) in [6.45, 7) is 4.64. The quantitative estimate of drug-likeness (QED) is 0.757. The zero-order valence-electron chi connectivity index (χ0n) is 9.12. The minimum atomic E-state index is -0.921. The Morgan fingerprint density at radius 3 is 2.80 bits per heavy atom. The molecule has 0 heterocycles. The number of carbonyl (C=O) groups is 1. The van der Waals surface area contributed by atoms with Crippen LogP contribution in [0.4, 0.5) is 0 Å². The third-order valence-electron chi connectivity index (χ3n) is 2.19. The average Bonchev–Trinajstić information content (AvgIpc) is 2.20. The predicted molar refractivity (Wildman–Crippen MR) is 58.5 cm³/mol. The summed E-state index contributed by atoms with van der Waals surface area (Å²) in [5.41, 5.74) is 1.24. The molecule has 0 amide bonds. The molecule has 0 saturated heterocycles. The van der Waals surface area contributed by atoms with Crippen LogP contribution in [0.3, 0.4) is 0 Å². The van der Waals surface area contributed by atoms with Crippen LogP contribution in [0, 0.1) is 6.92 Å². The highest BCUT2D eigenvalue weighted by atomic mass is 16.5. The van der Waals surface area contributed by atoms with Crippen molar-refractivity contribution in [2.45, 2.75) is 26.7 Å². The first-order valence-electron chi connectivity index (χ1n) is 5.12. The van der Waals surface area contributed by atoms with E-state index in [9.17, 15) is 4.79 Å². The highest BCUT2D eigenvalue weighted by molar-refractivity contribution is 5.88. The fraction of sp³-hybridized carbons (Fsp3) is 0.417. The summed E-state index contributed by atoms with van der Waals surface area (Å²) in [4.78, 5) is 10.7. The smallest absolute Gasteiger partial charge is 0.335 e. The van der Waals surface area contributed by atoms with Crippen LogP contribution in [0.5, 0.6) is 5.75 Å². The molecule has 0 unspecified atom stereocenters. The maximum Gasteiger partial charge on any atom is 0.335 e. The van der Waals surface area contributed by atoms with E-state index in [1.807, 2.05) is 6.92 Å². The van der Waals surface area contributed by atoms with Crippen LogP contribution in [0.1, 0.15) is 35.7 Å². The molecule has 82 valence electrons. The number of hydrogen-bond donors (Lipinski definition) is 1. The van der Waals surface area contributed by atoms with E-state index in [1.165, 1.54) is 0 Å². The summed E-state index contributed by atoms with van der Waals surface area (Å²) in [5.74, 6) is -0.251. The number of rotatable bonds is 5. The summed E-state index contributed by atoms with van der Waals surface area (Å²) < 4.78 is 5.50. The predicted octanol–water partition coefficient (Wildman–Crippen LogP) is 2.87. The van der Waals surface area contributed by atoms with Gasteiger partial charge in [-0.15, -0.1) is 0 Å². The van der Waals surface area contributed by atoms with Crippen molar-refractivity contribution in [3.8, 4) is 5.75 Å². The van der Waals surface area contributed by atoms with Gasteiger partial charge in [-0.05, 0) is 31.0 Å². The van der Waals surface area contributed by atoms with Gasteiger partial charge < -0.3 is 9.84 Å². The summed E-state index contributed by atoms with van der Waals surface area (Å²) in [7, 11) is 0. The largest absolute Gasteiger partial charge is 0.493 e. The Morgan fingerprint density at radius 2 is 2.20 bits per heavy atom. The standard InChI is InChI=1S/C12H16O3/c1-3-4-7-15-11-8-10(12(13)14)6-5-9(11)2/h5-6,8H,3-4,7H2,1-2H3,(H,13,14). The maximum absolute atomic E-state index is 10.7. The highest BCUT2D eigenvalue weighted by Gasteiger charge is 2.06. The van der Waals surface area contributed by atoms with Gasteiger partial charge in [-0.25, -0.2) is 4.79 Å². The first-order chi connectivity index (χ1) is 7.15. The molecular formula is C12H16O3. The number of hydrogen-bond acceptors (Lipinski definition) is 2. The molecule has 0 aliphatic carbocycles. The lowest BCUT2D eigenvalue weighted by Crippen LogP contribution is -2.01. The van der Waals surface area contributed by atoms with E-state index in [1.54, 1.807) is 18.2 Å². The number of carboxylic acid groups (broad SMARTS) is 1. The minimum Gasteiger partial charge on any atom is -0.493 e. The van der Waals surface area contributed by atoms with Crippen LogP contribution in [0.2, 0.25) is 0 Å². The average molecular weight is 208 g/mol. The van der Waals surface area contributed by atoms with Crippen molar-refractivity contribution in [3.05, 3.63) is 29.3 Å². The minimum absolute atomic E-state index is 0.270. The molecular weight excluding hydrogens is 192 g/mol. The molecule has 3 heteroatoms. The first-order valence-corrected chi connectivity index (χ1v) is 5.12. The van der Waals surface area contributed by atoms with Crippen molar-refractivity contribution in [1.82, 2.24) is 0 Å². The Bertz CT molecular complexity index is 345. The number of aromatic carboxylic acids is 1. The molecule has 0 aliphatic rings. The monoisotopic (exact) mass is 208 g/mol. The van der Waals surface area contributed by atoms with E-state index < -0.39 is 5.97 Å². The third-order valence-corrected chi connectivity index (χ3v) is 2.19. The van der Waals surface area contributed by atoms with E-state index in [4.69, 9.17) is 9.84 Å². The summed E-state index contributed by atoms with van der Waals surface area (Å²) in [6, 6.07) is 4.93. The van der Waals surface area contributed by atoms with Crippen molar-refractivity contribution >= 4 is 5.97 Å². The molecule has 0 spiro atoms. The molecule has 0 saturated carbocycles. The van der Waals surface area contributed by atoms with E-state index in [-0.39, 0.29) is 5.56 Å². The van der Waals surface area contributed by atoms with E-state index in [2.05, 4.69) is 6.92 Å². The lowest BCUT2D eigenvalue weighted by molar-refractivity contribution is 0.0696. The Labute approximate surface area is 89.7 Å². The lowest BCUT2D eigenvalue weighted by Gasteiger charge is -2.09. The van der Waals surface area contributed by atoms with Crippen molar-refractivity contribution in [2.75, 3.05) is 6.61 Å². The van der Waals surface area contributed by atoms with Gasteiger partial charge in [-0.3, -0.25) is 0 Å². The zero-order chi connectivity index (χ0) is 11.3. The molecule has 1 N–H and O–H groups in total. The van der Waals surface area contributed by atoms with E-state index in [0.29, 0.717) is 12.4 Å². The van der Waals surface area contributed by atoms with E-state index >= 15 is 0 Å². The molecule has 3 nitrogen and oxygen atoms in total. The van der Waals surface area contributed by atoms with Gasteiger partial charge >= 0.3 is 5.97 Å². The molecule has 0 bridgehead atoms. The summed E-state index contributed by atoms with van der Waals surface area (Å²) >= 11 is 0. The molecule has 0 fully saturated rings. The normalized spacial score (nSPS) is 10.0. The molecule has 0 radical (unpaired) electrons. The van der Waals surface area contributed by atoms with Crippen LogP contribution in [-0.2, 0) is 0 Å². The Morgan fingerprint density at radius 1 is 1.47 bits per heavy atom. The Balaban J connectivity index is 2.76. The molecule has 15 heavy (non-hydrogen) atoms. The Kier molecular flexibility index (Phi) is 4.16. The van der Waals surface area contributed by atoms with Gasteiger partial charge in [-0.2, -0.15) is 0 Å². The fourth-order valence-electron chi connectivity index (χ4n) is 1.22. The second-order valence-corrected chi connectivity index (χ2v) is 3.49. The van der Waals surface area contributed by atoms with Crippen molar-refractivity contribution < 1.29 is 14.6 Å². The SMILES string of the molecule is CCCCOc1cc(C(=O)O)ccc1C. The zero-order valence-corrected chi connectivity index (χ0v) is 9.12. The van der Waals surface area contributed by atoms with Gasteiger partial charge in [0, 0.05) is 0 Å². The van der Waals surface area contributed by atoms with Crippen LogP contribution in [-0.4, -0.2) is 17.7 Å². The molecule has 0 aliphatic heterocycles. The Hall–Kier alpha value is -1.51. The lowest BCUT2D eigenvalue weighted by atomic mass is 10.1. The van der Waals surface area contributed by atoms with Crippen LogP contribution in [0.15, 0.2) is 18.2 Å². The topological polar surface area (TPSA) is 46.5 Å². The molecule has 0 atom stereocenters. The van der Waals surface area contributed by atoms with Gasteiger partial charge in [0.2, 0.25) is 0 Å². The van der Waals surface area contributed by atoms with Crippen molar-refractivity contribution in [1.29, 1.82) is 0 Å². The van der Waals surface area contributed by atoms with Crippen molar-refractivity contribution in [3.63, 3.8) is 0 Å². The number of carboxylic acids is 1. The number of benzene rings is 1. The summed E-state index contributed by atoms with van der Waals surface area (Å²) in [6.07, 6.45) is 2.05. The molecule has 1 aromatic carbocycles. The fourth-order valence-corrected chi connectivity index (χ4v) is 1.22. The third kappa shape index (κ3) is 3.27. The molecule has 1 aromatic rings. The van der Waals surface area contributed by atoms with Gasteiger partial charge in [0.1, 0.15) is 5.75 Å². The van der Waals surface area contributed by atoms with Crippen LogP contribution in [0.25, 0.3) is 0 Å². The van der Waals surface area contributed by atoms with Gasteiger partial charge in [-0.1, -0.05) is 19.4 Å². The molecule has 1 rings (SSSR count). The number of aryl methyl sites for hydroxylation is 1.